The van der Waals surface area contributed by atoms with Crippen LogP contribution in [0, 0.1) is 6.92 Å². The summed E-state index contributed by atoms with van der Waals surface area (Å²) in [6, 6.07) is 9.95. The van der Waals surface area contributed by atoms with Gasteiger partial charge in [0, 0.05) is 10.7 Å². The Hall–Kier alpha value is -2.67. The van der Waals surface area contributed by atoms with Crippen LogP contribution in [0.3, 0.4) is 0 Å². The van der Waals surface area contributed by atoms with Gasteiger partial charge in [-0.25, -0.2) is 4.79 Å². The van der Waals surface area contributed by atoms with Crippen molar-refractivity contribution < 1.29 is 27.8 Å². The topological polar surface area (TPSA) is 64.6 Å². The van der Waals surface area contributed by atoms with E-state index in [1.165, 1.54) is 24.3 Å². The highest BCUT2D eigenvalue weighted by Crippen LogP contribution is 2.20. The van der Waals surface area contributed by atoms with Crippen LogP contribution in [0.5, 0.6) is 5.75 Å². The first kappa shape index (κ1) is 18.7. The second kappa shape index (κ2) is 8.43. The molecule has 1 N–H and O–H groups in total. The van der Waals surface area contributed by atoms with Crippen molar-refractivity contribution in [1.29, 1.82) is 0 Å². The van der Waals surface area contributed by atoms with E-state index in [1.54, 1.807) is 25.1 Å². The van der Waals surface area contributed by atoms with Crippen LogP contribution < -0.4 is 10.1 Å². The van der Waals surface area contributed by atoms with Crippen LogP contribution in [0.25, 0.3) is 0 Å². The summed E-state index contributed by atoms with van der Waals surface area (Å²) >= 11 is 5.86. The molecule has 0 radical (unpaired) electrons. The van der Waals surface area contributed by atoms with Crippen molar-refractivity contribution in [2.75, 3.05) is 11.9 Å². The van der Waals surface area contributed by atoms with Gasteiger partial charge in [-0.3, -0.25) is 4.79 Å². The van der Waals surface area contributed by atoms with E-state index >= 15 is 0 Å². The van der Waals surface area contributed by atoms with Gasteiger partial charge in [0.05, 0.1) is 5.56 Å². The summed E-state index contributed by atoms with van der Waals surface area (Å²) in [7, 11) is 0. The van der Waals surface area contributed by atoms with Gasteiger partial charge in [-0.1, -0.05) is 17.7 Å². The van der Waals surface area contributed by atoms with Gasteiger partial charge < -0.3 is 14.8 Å². The van der Waals surface area contributed by atoms with Crippen molar-refractivity contribution in [3.05, 3.63) is 58.6 Å². The molecule has 0 aromatic heterocycles. The minimum atomic E-state index is -2.95. The number of nitrogens with one attached hydrogen (secondary N) is 1. The van der Waals surface area contributed by atoms with Crippen molar-refractivity contribution >= 4 is 29.2 Å². The number of carbonyl (C=O) groups is 2. The molecule has 0 aliphatic heterocycles. The number of hydrogen-bond acceptors (Lipinski definition) is 4. The third kappa shape index (κ3) is 5.72. The smallest absolute Gasteiger partial charge is 0.387 e. The van der Waals surface area contributed by atoms with Gasteiger partial charge in [0.1, 0.15) is 5.75 Å². The van der Waals surface area contributed by atoms with E-state index in [0.29, 0.717) is 10.7 Å². The Morgan fingerprint density at radius 3 is 2.48 bits per heavy atom. The van der Waals surface area contributed by atoms with Gasteiger partial charge in [-0.2, -0.15) is 8.78 Å². The van der Waals surface area contributed by atoms with Crippen molar-refractivity contribution in [3.8, 4) is 5.75 Å². The minimum absolute atomic E-state index is 0.0827. The lowest BCUT2D eigenvalue weighted by Crippen LogP contribution is -2.21. The maximum atomic E-state index is 12.1. The largest absolute Gasteiger partial charge is 0.452 e. The number of benzene rings is 2. The lowest BCUT2D eigenvalue weighted by molar-refractivity contribution is -0.119. The molecule has 0 saturated heterocycles. The van der Waals surface area contributed by atoms with Crippen LogP contribution in [-0.2, 0) is 9.53 Å². The first-order chi connectivity index (χ1) is 11.8. The number of alkyl halides is 2. The maximum absolute atomic E-state index is 12.1. The number of halogens is 3. The lowest BCUT2D eigenvalue weighted by atomic mass is 10.2. The van der Waals surface area contributed by atoms with Crippen molar-refractivity contribution in [1.82, 2.24) is 0 Å². The predicted octanol–water partition coefficient (Wildman–Crippen LogP) is 4.05. The Morgan fingerprint density at radius 2 is 1.84 bits per heavy atom. The summed E-state index contributed by atoms with van der Waals surface area (Å²) in [6.45, 7) is -1.66. The van der Waals surface area contributed by atoms with Gasteiger partial charge >= 0.3 is 12.6 Å². The predicted molar refractivity (Wildman–Crippen MR) is 88.2 cm³/mol. The third-order valence-electron chi connectivity index (χ3n) is 3.12. The van der Waals surface area contributed by atoms with Gasteiger partial charge in [0.15, 0.2) is 6.61 Å². The van der Waals surface area contributed by atoms with E-state index in [1.807, 2.05) is 0 Å². The second-order valence-corrected chi connectivity index (χ2v) is 5.42. The number of amides is 1. The Morgan fingerprint density at radius 1 is 1.16 bits per heavy atom. The molecule has 0 saturated carbocycles. The number of carbonyl (C=O) groups excluding carboxylic acids is 2. The number of esters is 1. The van der Waals surface area contributed by atoms with E-state index in [0.717, 1.165) is 5.56 Å². The van der Waals surface area contributed by atoms with Gasteiger partial charge in [-0.15, -0.1) is 0 Å². The van der Waals surface area contributed by atoms with Crippen molar-refractivity contribution in [2.24, 2.45) is 0 Å². The van der Waals surface area contributed by atoms with Crippen LogP contribution in [0.4, 0.5) is 14.5 Å². The summed E-state index contributed by atoms with van der Waals surface area (Å²) in [6.07, 6.45) is 0. The molecule has 2 aromatic carbocycles. The average molecular weight is 370 g/mol. The lowest BCUT2D eigenvalue weighted by Gasteiger charge is -2.09. The zero-order chi connectivity index (χ0) is 18.4. The fourth-order valence-electron chi connectivity index (χ4n) is 1.90. The molecule has 25 heavy (non-hydrogen) atoms. The molecule has 1 amide bonds. The molecule has 0 heterocycles. The van der Waals surface area contributed by atoms with Gasteiger partial charge in [0.2, 0.25) is 0 Å². The van der Waals surface area contributed by atoms with E-state index < -0.39 is 25.1 Å². The number of aryl methyl sites for hydroxylation is 1. The Kier molecular flexibility index (Phi) is 6.30. The number of hydrogen-bond donors (Lipinski definition) is 1. The summed E-state index contributed by atoms with van der Waals surface area (Å²) in [4.78, 5) is 23.7. The van der Waals surface area contributed by atoms with Crippen LogP contribution in [0.1, 0.15) is 15.9 Å². The molecule has 8 heteroatoms. The van der Waals surface area contributed by atoms with Crippen molar-refractivity contribution in [2.45, 2.75) is 13.5 Å². The summed E-state index contributed by atoms with van der Waals surface area (Å²) in [5.41, 5.74) is 1.43. The highest BCUT2D eigenvalue weighted by Gasteiger charge is 2.12. The summed E-state index contributed by atoms with van der Waals surface area (Å²) < 4.78 is 33.2. The highest BCUT2D eigenvalue weighted by molar-refractivity contribution is 6.31. The molecular formula is C17H14ClF2NO4. The molecule has 2 rings (SSSR count). The van der Waals surface area contributed by atoms with Gasteiger partial charge in [0.25, 0.3) is 5.91 Å². The standard InChI is InChI=1S/C17H14ClF2NO4/c1-10-2-5-12(18)8-14(10)21-15(22)9-24-16(23)11-3-6-13(7-4-11)25-17(19)20/h2-8,17H,9H2,1H3,(H,21,22). The normalized spacial score (nSPS) is 10.4. The minimum Gasteiger partial charge on any atom is -0.452 e. The summed E-state index contributed by atoms with van der Waals surface area (Å²) in [5, 5.41) is 3.05. The average Bonchev–Trinajstić information content (AvgIpc) is 2.56. The molecule has 0 unspecified atom stereocenters. The molecule has 0 atom stereocenters. The first-order valence-corrected chi connectivity index (χ1v) is 7.51. The molecule has 0 aliphatic carbocycles. The van der Waals surface area contributed by atoms with Crippen LogP contribution in [-0.4, -0.2) is 25.1 Å². The number of anilines is 1. The molecule has 0 aliphatic rings. The SMILES string of the molecule is Cc1ccc(Cl)cc1NC(=O)COC(=O)c1ccc(OC(F)F)cc1. The Bertz CT molecular complexity index is 766. The van der Waals surface area contributed by atoms with Crippen LogP contribution in [0.2, 0.25) is 5.02 Å². The number of ether oxygens (including phenoxy) is 2. The quantitative estimate of drug-likeness (QED) is 0.780. The molecule has 0 spiro atoms. The molecule has 0 bridgehead atoms. The van der Waals surface area contributed by atoms with Crippen LogP contribution in [0.15, 0.2) is 42.5 Å². The molecule has 2 aromatic rings. The monoisotopic (exact) mass is 369 g/mol. The Balaban J connectivity index is 1.88. The second-order valence-electron chi connectivity index (χ2n) is 4.99. The fourth-order valence-corrected chi connectivity index (χ4v) is 2.07. The maximum Gasteiger partial charge on any atom is 0.387 e. The van der Waals surface area contributed by atoms with E-state index in [4.69, 9.17) is 16.3 Å². The Labute approximate surface area is 147 Å². The van der Waals surface area contributed by atoms with Crippen LogP contribution >= 0.6 is 11.6 Å². The summed E-state index contributed by atoms with van der Waals surface area (Å²) in [5.74, 6) is -1.38. The zero-order valence-electron chi connectivity index (χ0n) is 13.1. The molecular weight excluding hydrogens is 356 g/mol. The van der Waals surface area contributed by atoms with E-state index in [9.17, 15) is 18.4 Å². The highest BCUT2D eigenvalue weighted by atomic mass is 35.5. The number of rotatable bonds is 6. The molecule has 132 valence electrons. The van der Waals surface area contributed by atoms with E-state index in [2.05, 4.69) is 10.1 Å². The van der Waals surface area contributed by atoms with Crippen molar-refractivity contribution in [3.63, 3.8) is 0 Å². The fraction of sp³-hybridized carbons (Fsp3) is 0.176. The molecule has 5 nitrogen and oxygen atoms in total. The third-order valence-corrected chi connectivity index (χ3v) is 3.36. The first-order valence-electron chi connectivity index (χ1n) is 7.13. The zero-order valence-corrected chi connectivity index (χ0v) is 13.8. The van der Waals surface area contributed by atoms with Gasteiger partial charge in [-0.05, 0) is 48.9 Å². The molecule has 0 fully saturated rings. The van der Waals surface area contributed by atoms with E-state index in [-0.39, 0.29) is 11.3 Å².